The molecule has 3 N–H and O–H groups in total. The van der Waals surface area contributed by atoms with Crippen LogP contribution in [0.5, 0.6) is 0 Å². The Kier molecular flexibility index (Phi) is 8.92. The summed E-state index contributed by atoms with van der Waals surface area (Å²) in [6, 6.07) is 14.1. The smallest absolute Gasteiger partial charge is 0.204 e. The average Bonchev–Trinajstić information content (AvgIpc) is 3.55. The molecule has 2 saturated carbocycles. The van der Waals surface area contributed by atoms with Crippen molar-refractivity contribution in [2.45, 2.75) is 50.4 Å². The number of pyridine rings is 1. The Morgan fingerprint density at radius 2 is 1.59 bits per heavy atom. The normalized spacial score (nSPS) is 21.1. The third-order valence-electron chi connectivity index (χ3n) is 5.12. The molecule has 0 saturated heterocycles. The number of primary amides is 1. The molecule has 0 bridgehead atoms. The summed E-state index contributed by atoms with van der Waals surface area (Å²) in [7, 11) is 0. The van der Waals surface area contributed by atoms with Crippen LogP contribution in [0, 0.1) is 11.7 Å². The molecular weight excluding hydrogens is 343 g/mol. The summed E-state index contributed by atoms with van der Waals surface area (Å²) in [5, 5.41) is 8.21. The second kappa shape index (κ2) is 11.4. The van der Waals surface area contributed by atoms with E-state index in [2.05, 4.69) is 41.0 Å². The van der Waals surface area contributed by atoms with Gasteiger partial charge in [0.05, 0.1) is 6.20 Å². The minimum absolute atomic E-state index is 0.248. The predicted molar refractivity (Wildman–Crippen MR) is 105 cm³/mol. The van der Waals surface area contributed by atoms with Crippen LogP contribution in [0.3, 0.4) is 0 Å². The Morgan fingerprint density at radius 1 is 1.00 bits per heavy atom. The third-order valence-corrected chi connectivity index (χ3v) is 5.12. The van der Waals surface area contributed by atoms with Gasteiger partial charge in [0, 0.05) is 18.2 Å². The standard InChI is InChI=1S/C17H18FN.C4H8O.CH3NO/c18-16-10-11-17(19-12-16)15-8-6-14(7-9-15)13-4-2-1-3-5-13;5-3-4-1-2-4;2-1-3/h1-5,10-12,14-15H,6-9H2;4-5H,1-3H2;1H,(H2,2,3). The van der Waals surface area contributed by atoms with Gasteiger partial charge in [0.15, 0.2) is 0 Å². The molecule has 27 heavy (non-hydrogen) atoms. The van der Waals surface area contributed by atoms with Crippen LogP contribution in [-0.2, 0) is 4.79 Å². The number of carbonyl (C=O) groups excluding carboxylic acids is 1. The van der Waals surface area contributed by atoms with E-state index in [0.29, 0.717) is 24.4 Å². The van der Waals surface area contributed by atoms with E-state index in [4.69, 9.17) is 9.90 Å². The van der Waals surface area contributed by atoms with Crippen LogP contribution in [0.4, 0.5) is 4.39 Å². The van der Waals surface area contributed by atoms with Crippen LogP contribution in [-0.4, -0.2) is 23.1 Å². The van der Waals surface area contributed by atoms with E-state index in [0.717, 1.165) is 18.5 Å². The molecule has 146 valence electrons. The molecular formula is C22H29FN2O2. The molecule has 0 aliphatic heterocycles. The zero-order valence-corrected chi connectivity index (χ0v) is 15.6. The number of aliphatic hydroxyl groups excluding tert-OH is 1. The maximum absolute atomic E-state index is 12.9. The zero-order valence-electron chi connectivity index (χ0n) is 15.6. The van der Waals surface area contributed by atoms with E-state index in [1.165, 1.54) is 43.5 Å². The van der Waals surface area contributed by atoms with Gasteiger partial charge >= 0.3 is 0 Å². The Balaban J connectivity index is 0.000000274. The lowest BCUT2D eigenvalue weighted by Gasteiger charge is -2.28. The van der Waals surface area contributed by atoms with Crippen LogP contribution in [0.15, 0.2) is 48.7 Å². The minimum atomic E-state index is -0.248. The van der Waals surface area contributed by atoms with Gasteiger partial charge in [0.1, 0.15) is 5.82 Å². The molecule has 0 radical (unpaired) electrons. The Hall–Kier alpha value is -2.27. The molecule has 5 heteroatoms. The molecule has 2 aromatic rings. The number of nitrogens with zero attached hydrogens (tertiary/aromatic N) is 1. The molecule has 0 atom stereocenters. The number of halogens is 1. The minimum Gasteiger partial charge on any atom is -0.396 e. The average molecular weight is 372 g/mol. The lowest BCUT2D eigenvalue weighted by molar-refractivity contribution is -0.106. The van der Waals surface area contributed by atoms with E-state index in [-0.39, 0.29) is 12.2 Å². The number of carbonyl (C=O) groups is 1. The highest BCUT2D eigenvalue weighted by Gasteiger charge is 2.24. The largest absolute Gasteiger partial charge is 0.396 e. The first-order chi connectivity index (χ1) is 13.2. The van der Waals surface area contributed by atoms with E-state index in [1.54, 1.807) is 0 Å². The fraction of sp³-hybridized carbons (Fsp3) is 0.455. The van der Waals surface area contributed by atoms with Crippen LogP contribution < -0.4 is 5.73 Å². The first kappa shape index (κ1) is 21.0. The second-order valence-electron chi connectivity index (χ2n) is 7.12. The number of aromatic nitrogens is 1. The van der Waals surface area contributed by atoms with Gasteiger partial charge < -0.3 is 10.8 Å². The maximum Gasteiger partial charge on any atom is 0.204 e. The molecule has 1 aromatic carbocycles. The third kappa shape index (κ3) is 7.47. The molecule has 1 amide bonds. The van der Waals surface area contributed by atoms with Crippen molar-refractivity contribution in [2.75, 3.05) is 6.61 Å². The molecule has 2 fully saturated rings. The predicted octanol–water partition coefficient (Wildman–Crippen LogP) is 4.15. The highest BCUT2D eigenvalue weighted by molar-refractivity contribution is 5.42. The van der Waals surface area contributed by atoms with Gasteiger partial charge in [-0.15, -0.1) is 0 Å². The number of hydrogen-bond donors (Lipinski definition) is 2. The number of hydrogen-bond acceptors (Lipinski definition) is 3. The quantitative estimate of drug-likeness (QED) is 0.795. The monoisotopic (exact) mass is 372 g/mol. The van der Waals surface area contributed by atoms with Crippen LogP contribution in [0.2, 0.25) is 0 Å². The summed E-state index contributed by atoms with van der Waals surface area (Å²) in [4.78, 5) is 12.8. The topological polar surface area (TPSA) is 76.2 Å². The molecule has 2 aliphatic carbocycles. The van der Waals surface area contributed by atoms with Crippen molar-refractivity contribution in [2.24, 2.45) is 11.7 Å². The first-order valence-corrected chi connectivity index (χ1v) is 9.60. The van der Waals surface area contributed by atoms with Crippen molar-refractivity contribution in [1.82, 2.24) is 4.98 Å². The summed E-state index contributed by atoms with van der Waals surface area (Å²) >= 11 is 0. The highest BCUT2D eigenvalue weighted by Crippen LogP contribution is 2.39. The van der Waals surface area contributed by atoms with Crippen molar-refractivity contribution in [1.29, 1.82) is 0 Å². The second-order valence-corrected chi connectivity index (χ2v) is 7.12. The summed E-state index contributed by atoms with van der Waals surface area (Å²) in [5.74, 6) is 1.62. The maximum atomic E-state index is 12.9. The number of benzene rings is 1. The van der Waals surface area contributed by atoms with Crippen LogP contribution in [0.1, 0.15) is 61.6 Å². The summed E-state index contributed by atoms with van der Waals surface area (Å²) in [5.41, 5.74) is 6.67. The van der Waals surface area contributed by atoms with Gasteiger partial charge in [-0.2, -0.15) is 0 Å². The van der Waals surface area contributed by atoms with Gasteiger partial charge in [-0.1, -0.05) is 30.3 Å². The van der Waals surface area contributed by atoms with Crippen molar-refractivity contribution in [3.8, 4) is 0 Å². The van der Waals surface area contributed by atoms with E-state index in [9.17, 15) is 4.39 Å². The summed E-state index contributed by atoms with van der Waals surface area (Å²) < 4.78 is 12.9. The van der Waals surface area contributed by atoms with Crippen LogP contribution >= 0.6 is 0 Å². The molecule has 0 spiro atoms. The van der Waals surface area contributed by atoms with Gasteiger partial charge in [0.2, 0.25) is 6.41 Å². The number of amides is 1. The van der Waals surface area contributed by atoms with Gasteiger partial charge in [-0.05, 0) is 68.1 Å². The van der Waals surface area contributed by atoms with E-state index in [1.807, 2.05) is 6.07 Å². The Labute approximate surface area is 160 Å². The first-order valence-electron chi connectivity index (χ1n) is 9.60. The summed E-state index contributed by atoms with van der Waals surface area (Å²) in [6.07, 6.45) is 8.81. The van der Waals surface area contributed by atoms with Gasteiger partial charge in [-0.25, -0.2) is 4.39 Å². The number of aliphatic hydroxyl groups is 1. The highest BCUT2D eigenvalue weighted by atomic mass is 19.1. The lowest BCUT2D eigenvalue weighted by Crippen LogP contribution is -2.13. The van der Waals surface area contributed by atoms with E-state index >= 15 is 0 Å². The molecule has 2 aliphatic rings. The number of nitrogens with two attached hydrogens (primary N) is 1. The Morgan fingerprint density at radius 3 is 2.04 bits per heavy atom. The fourth-order valence-corrected chi connectivity index (χ4v) is 3.38. The zero-order chi connectivity index (χ0) is 19.5. The lowest BCUT2D eigenvalue weighted by atomic mass is 9.77. The van der Waals surface area contributed by atoms with Crippen molar-refractivity contribution < 1.29 is 14.3 Å². The molecule has 1 aromatic heterocycles. The van der Waals surface area contributed by atoms with Crippen molar-refractivity contribution >= 4 is 6.41 Å². The van der Waals surface area contributed by atoms with Gasteiger partial charge in [0.25, 0.3) is 0 Å². The van der Waals surface area contributed by atoms with Gasteiger partial charge in [-0.3, -0.25) is 9.78 Å². The Bertz CT molecular complexity index is 652. The molecule has 4 nitrogen and oxygen atoms in total. The van der Waals surface area contributed by atoms with Crippen molar-refractivity contribution in [3.63, 3.8) is 0 Å². The fourth-order valence-electron chi connectivity index (χ4n) is 3.38. The molecule has 0 unspecified atom stereocenters. The van der Waals surface area contributed by atoms with E-state index < -0.39 is 0 Å². The van der Waals surface area contributed by atoms with Crippen LogP contribution in [0.25, 0.3) is 0 Å². The molecule has 1 heterocycles. The molecule has 4 rings (SSSR count). The number of rotatable bonds is 3. The van der Waals surface area contributed by atoms with Crippen molar-refractivity contribution in [3.05, 3.63) is 65.7 Å². The SMILES string of the molecule is Fc1ccc(C2CCC(c3ccccc3)CC2)nc1.NC=O.OCC1CC1. The summed E-state index contributed by atoms with van der Waals surface area (Å²) in [6.45, 7) is 0.417.